The topological polar surface area (TPSA) is 50.4 Å². The van der Waals surface area contributed by atoms with Gasteiger partial charge in [-0.1, -0.05) is 18.2 Å². The lowest BCUT2D eigenvalue weighted by atomic mass is 10.2. The van der Waals surface area contributed by atoms with Crippen LogP contribution in [-0.4, -0.2) is 24.9 Å². The summed E-state index contributed by atoms with van der Waals surface area (Å²) in [4.78, 5) is 13.0. The van der Waals surface area contributed by atoms with Crippen LogP contribution in [0.15, 0.2) is 53.4 Å². The van der Waals surface area contributed by atoms with E-state index < -0.39 is 0 Å². The van der Waals surface area contributed by atoms with Gasteiger partial charge in [0.2, 0.25) is 0 Å². The molecule has 0 heterocycles. The molecule has 0 saturated heterocycles. The van der Waals surface area contributed by atoms with Crippen LogP contribution in [0.5, 0.6) is 0 Å². The normalized spacial score (nSPS) is 10.5. The van der Waals surface area contributed by atoms with Crippen molar-refractivity contribution in [2.45, 2.75) is 24.8 Å². The van der Waals surface area contributed by atoms with Crippen LogP contribution < -0.4 is 10.6 Å². The van der Waals surface area contributed by atoms with Crippen molar-refractivity contribution in [1.82, 2.24) is 5.32 Å². The van der Waals surface area contributed by atoms with E-state index in [-0.39, 0.29) is 11.8 Å². The Labute approximate surface area is 152 Å². The maximum absolute atomic E-state index is 12.8. The Balaban J connectivity index is 1.68. The predicted molar refractivity (Wildman–Crippen MR) is 101 cm³/mol. The number of carbonyl (C=O) groups excluding carboxylic acids is 1. The first-order valence-corrected chi connectivity index (χ1v) is 9.26. The molecule has 0 fully saturated rings. The Morgan fingerprint density at radius 2 is 1.92 bits per heavy atom. The molecule has 0 radical (unpaired) electrons. The molecule has 0 aliphatic heterocycles. The third kappa shape index (κ3) is 7.15. The molecule has 0 aliphatic rings. The highest BCUT2D eigenvalue weighted by atomic mass is 32.2. The van der Waals surface area contributed by atoms with Gasteiger partial charge in [0.15, 0.2) is 0 Å². The summed E-state index contributed by atoms with van der Waals surface area (Å²) < 4.78 is 18.2. The van der Waals surface area contributed by atoms with E-state index in [0.717, 1.165) is 28.3 Å². The molecule has 0 aliphatic carbocycles. The average Bonchev–Trinajstić information content (AvgIpc) is 2.62. The van der Waals surface area contributed by atoms with Gasteiger partial charge in [0, 0.05) is 29.3 Å². The number of nitrogens with one attached hydrogen (secondary N) is 2. The van der Waals surface area contributed by atoms with Crippen LogP contribution in [0.25, 0.3) is 0 Å². The van der Waals surface area contributed by atoms with Crippen molar-refractivity contribution in [3.8, 4) is 0 Å². The van der Waals surface area contributed by atoms with Gasteiger partial charge in [0.05, 0.1) is 6.61 Å². The zero-order chi connectivity index (χ0) is 17.9. The predicted octanol–water partition coefficient (Wildman–Crippen LogP) is 4.67. The number of anilines is 1. The molecule has 0 bridgehead atoms. The smallest absolute Gasteiger partial charge is 0.319 e. The van der Waals surface area contributed by atoms with Gasteiger partial charge >= 0.3 is 6.03 Å². The number of ether oxygens (including phenoxy) is 1. The fraction of sp³-hybridized carbons (Fsp3) is 0.316. The van der Waals surface area contributed by atoms with Crippen LogP contribution in [0.4, 0.5) is 14.9 Å². The van der Waals surface area contributed by atoms with E-state index in [2.05, 4.69) is 10.6 Å². The molecule has 2 rings (SSSR count). The summed E-state index contributed by atoms with van der Waals surface area (Å²) in [5.74, 6) is 0.625. The van der Waals surface area contributed by atoms with E-state index in [1.807, 2.05) is 31.2 Å². The number of amides is 2. The number of para-hydroxylation sites is 1. The molecule has 2 aromatic rings. The largest absolute Gasteiger partial charge is 0.377 e. The Bertz CT molecular complexity index is 665. The molecule has 0 aromatic heterocycles. The summed E-state index contributed by atoms with van der Waals surface area (Å²) in [5, 5.41) is 5.70. The van der Waals surface area contributed by atoms with Gasteiger partial charge in [-0.2, -0.15) is 0 Å². The standard InChI is InChI=1S/C19H23FN2O2S/c1-2-24-14-15-6-3-4-7-18(15)22-19(23)21-12-5-13-25-17-10-8-16(20)9-11-17/h3-4,6-11H,2,5,12-14H2,1H3,(H2,21,22,23). The maximum Gasteiger partial charge on any atom is 0.319 e. The Morgan fingerprint density at radius 1 is 1.16 bits per heavy atom. The van der Waals surface area contributed by atoms with Crippen molar-refractivity contribution < 1.29 is 13.9 Å². The number of thioether (sulfide) groups is 1. The lowest BCUT2D eigenvalue weighted by Gasteiger charge is -2.12. The molecule has 0 spiro atoms. The van der Waals surface area contributed by atoms with Gasteiger partial charge in [-0.05, 0) is 49.4 Å². The van der Waals surface area contributed by atoms with Crippen molar-refractivity contribution in [2.75, 3.05) is 24.2 Å². The minimum atomic E-state index is -0.229. The van der Waals surface area contributed by atoms with Gasteiger partial charge in [-0.3, -0.25) is 0 Å². The first-order chi connectivity index (χ1) is 12.2. The van der Waals surface area contributed by atoms with Gasteiger partial charge in [-0.25, -0.2) is 9.18 Å². The quantitative estimate of drug-likeness (QED) is 0.504. The van der Waals surface area contributed by atoms with Gasteiger partial charge in [-0.15, -0.1) is 11.8 Å². The number of hydrogen-bond acceptors (Lipinski definition) is 3. The highest BCUT2D eigenvalue weighted by molar-refractivity contribution is 7.99. The summed E-state index contributed by atoms with van der Waals surface area (Å²) in [7, 11) is 0. The Hall–Kier alpha value is -2.05. The Morgan fingerprint density at radius 3 is 2.68 bits per heavy atom. The van der Waals surface area contributed by atoms with Gasteiger partial charge in [0.1, 0.15) is 5.82 Å². The number of benzene rings is 2. The molecule has 25 heavy (non-hydrogen) atoms. The fourth-order valence-corrected chi connectivity index (χ4v) is 2.99. The number of urea groups is 1. The minimum Gasteiger partial charge on any atom is -0.377 e. The van der Waals surface area contributed by atoms with E-state index in [1.165, 1.54) is 12.1 Å². The molecule has 0 unspecified atom stereocenters. The summed E-state index contributed by atoms with van der Waals surface area (Å²) in [6.07, 6.45) is 0.829. The summed E-state index contributed by atoms with van der Waals surface area (Å²) in [6, 6.07) is 13.8. The first kappa shape index (κ1) is 19.3. The second-order valence-electron chi connectivity index (χ2n) is 5.33. The van der Waals surface area contributed by atoms with E-state index in [4.69, 9.17) is 4.74 Å². The summed E-state index contributed by atoms with van der Waals surface area (Å²) >= 11 is 1.64. The van der Waals surface area contributed by atoms with E-state index >= 15 is 0 Å². The third-order valence-electron chi connectivity index (χ3n) is 3.42. The fourth-order valence-electron chi connectivity index (χ4n) is 2.14. The molecule has 6 heteroatoms. The van der Waals surface area contributed by atoms with Gasteiger partial charge in [0.25, 0.3) is 0 Å². The molecule has 2 N–H and O–H groups in total. The second-order valence-corrected chi connectivity index (χ2v) is 6.50. The number of carbonyl (C=O) groups is 1. The molecule has 0 atom stereocenters. The van der Waals surface area contributed by atoms with E-state index in [0.29, 0.717) is 19.8 Å². The highest BCUT2D eigenvalue weighted by Crippen LogP contribution is 2.18. The highest BCUT2D eigenvalue weighted by Gasteiger charge is 2.06. The van der Waals surface area contributed by atoms with Crippen LogP contribution in [0.3, 0.4) is 0 Å². The van der Waals surface area contributed by atoms with Gasteiger partial charge < -0.3 is 15.4 Å². The first-order valence-electron chi connectivity index (χ1n) is 8.28. The van der Waals surface area contributed by atoms with Crippen LogP contribution in [0.1, 0.15) is 18.9 Å². The number of rotatable bonds is 9. The maximum atomic E-state index is 12.8. The zero-order valence-electron chi connectivity index (χ0n) is 14.3. The molecule has 4 nitrogen and oxygen atoms in total. The second kappa shape index (κ2) is 10.7. The molecule has 2 amide bonds. The lowest BCUT2D eigenvalue weighted by molar-refractivity contribution is 0.134. The van der Waals surface area contributed by atoms with Crippen molar-refractivity contribution in [3.63, 3.8) is 0 Å². The average molecular weight is 362 g/mol. The SMILES string of the molecule is CCOCc1ccccc1NC(=O)NCCCSc1ccc(F)cc1. The number of hydrogen-bond donors (Lipinski definition) is 2. The number of halogens is 1. The summed E-state index contributed by atoms with van der Waals surface area (Å²) in [5.41, 5.74) is 1.71. The van der Waals surface area contributed by atoms with E-state index in [1.54, 1.807) is 23.9 Å². The monoisotopic (exact) mass is 362 g/mol. The molecule has 134 valence electrons. The minimum absolute atomic E-state index is 0.226. The molecular formula is C19H23FN2O2S. The molecule has 2 aromatic carbocycles. The van der Waals surface area contributed by atoms with Crippen molar-refractivity contribution in [3.05, 3.63) is 59.9 Å². The summed E-state index contributed by atoms with van der Waals surface area (Å²) in [6.45, 7) is 3.62. The van der Waals surface area contributed by atoms with Crippen molar-refractivity contribution >= 4 is 23.5 Å². The molecule has 0 saturated carbocycles. The van der Waals surface area contributed by atoms with Crippen LogP contribution in [-0.2, 0) is 11.3 Å². The van der Waals surface area contributed by atoms with E-state index in [9.17, 15) is 9.18 Å². The Kier molecular flexibility index (Phi) is 8.28. The molecular weight excluding hydrogens is 339 g/mol. The lowest BCUT2D eigenvalue weighted by Crippen LogP contribution is -2.30. The van der Waals surface area contributed by atoms with Crippen LogP contribution >= 0.6 is 11.8 Å². The zero-order valence-corrected chi connectivity index (χ0v) is 15.1. The van der Waals surface area contributed by atoms with Crippen LogP contribution in [0, 0.1) is 5.82 Å². The van der Waals surface area contributed by atoms with Crippen LogP contribution in [0.2, 0.25) is 0 Å². The van der Waals surface area contributed by atoms with Crippen molar-refractivity contribution in [2.24, 2.45) is 0 Å². The third-order valence-corrected chi connectivity index (χ3v) is 4.51. The van der Waals surface area contributed by atoms with Crippen molar-refractivity contribution in [1.29, 1.82) is 0 Å².